The SMILES string of the molecule is Cc1ccc(S(=O)(=O)Nc2ccc(F)cc2)cc1C(=O)NCc1csc(C(C)C)n1. The minimum Gasteiger partial charge on any atom is -0.346 e. The second-order valence-corrected chi connectivity index (χ2v) is 9.68. The summed E-state index contributed by atoms with van der Waals surface area (Å²) in [5.41, 5.74) is 1.90. The number of nitrogens with zero attached hydrogens (tertiary/aromatic N) is 1. The molecule has 0 aliphatic rings. The maximum atomic E-state index is 13.0. The highest BCUT2D eigenvalue weighted by molar-refractivity contribution is 7.92. The minimum absolute atomic E-state index is 0.0571. The van der Waals surface area contributed by atoms with Gasteiger partial charge in [0.05, 0.1) is 22.1 Å². The Morgan fingerprint density at radius 2 is 1.87 bits per heavy atom. The summed E-state index contributed by atoms with van der Waals surface area (Å²) in [5.74, 6) is -0.532. The van der Waals surface area contributed by atoms with Crippen molar-refractivity contribution in [1.29, 1.82) is 0 Å². The lowest BCUT2D eigenvalue weighted by molar-refractivity contribution is 0.0949. The summed E-state index contributed by atoms with van der Waals surface area (Å²) in [7, 11) is -3.94. The van der Waals surface area contributed by atoms with Gasteiger partial charge in [0.25, 0.3) is 15.9 Å². The van der Waals surface area contributed by atoms with Crippen molar-refractivity contribution in [3.8, 4) is 0 Å². The van der Waals surface area contributed by atoms with Crippen LogP contribution in [-0.4, -0.2) is 19.3 Å². The smallest absolute Gasteiger partial charge is 0.261 e. The molecular weight excluding hydrogens is 425 g/mol. The van der Waals surface area contributed by atoms with E-state index < -0.39 is 15.8 Å². The van der Waals surface area contributed by atoms with Crippen LogP contribution in [0.3, 0.4) is 0 Å². The van der Waals surface area contributed by atoms with Crippen LogP contribution in [0.1, 0.15) is 46.4 Å². The Balaban J connectivity index is 1.76. The molecule has 0 unspecified atom stereocenters. The molecule has 9 heteroatoms. The van der Waals surface area contributed by atoms with Gasteiger partial charge in [-0.1, -0.05) is 19.9 Å². The van der Waals surface area contributed by atoms with E-state index in [1.165, 1.54) is 24.3 Å². The van der Waals surface area contributed by atoms with Gasteiger partial charge in [0, 0.05) is 22.5 Å². The number of thiazole rings is 1. The molecule has 0 saturated carbocycles. The normalized spacial score (nSPS) is 11.5. The molecule has 6 nitrogen and oxygen atoms in total. The molecule has 0 fully saturated rings. The third-order valence-corrected chi connectivity index (χ3v) is 6.93. The molecule has 0 aliphatic heterocycles. The molecule has 0 spiro atoms. The van der Waals surface area contributed by atoms with Crippen LogP contribution in [-0.2, 0) is 16.6 Å². The lowest BCUT2D eigenvalue weighted by Crippen LogP contribution is -2.24. The molecule has 1 heterocycles. The van der Waals surface area contributed by atoms with Gasteiger partial charge < -0.3 is 5.32 Å². The van der Waals surface area contributed by atoms with E-state index in [0.29, 0.717) is 11.5 Å². The molecule has 0 saturated heterocycles. The van der Waals surface area contributed by atoms with Crippen molar-refractivity contribution >= 4 is 33.0 Å². The minimum atomic E-state index is -3.94. The first kappa shape index (κ1) is 21.9. The first-order valence-electron chi connectivity index (χ1n) is 9.27. The van der Waals surface area contributed by atoms with Crippen LogP contribution in [0.15, 0.2) is 52.7 Å². The summed E-state index contributed by atoms with van der Waals surface area (Å²) in [5, 5.41) is 5.69. The van der Waals surface area contributed by atoms with E-state index in [2.05, 4.69) is 28.9 Å². The Kier molecular flexibility index (Phi) is 6.52. The van der Waals surface area contributed by atoms with Crippen molar-refractivity contribution in [2.24, 2.45) is 0 Å². The standard InChI is InChI=1S/C21H22FN3O3S2/c1-13(2)21-24-17(12-29-21)11-23-20(26)19-10-18(9-4-14(19)3)30(27,28)25-16-7-5-15(22)6-8-16/h4-10,12-13,25H,11H2,1-3H3,(H,23,26). The van der Waals surface area contributed by atoms with Gasteiger partial charge >= 0.3 is 0 Å². The number of hydrogen-bond donors (Lipinski definition) is 2. The van der Waals surface area contributed by atoms with Gasteiger partial charge in [-0.05, 0) is 48.9 Å². The highest BCUT2D eigenvalue weighted by Crippen LogP contribution is 2.21. The lowest BCUT2D eigenvalue weighted by atomic mass is 10.1. The average molecular weight is 448 g/mol. The first-order valence-corrected chi connectivity index (χ1v) is 11.6. The lowest BCUT2D eigenvalue weighted by Gasteiger charge is -2.11. The molecule has 3 aromatic rings. The molecule has 3 rings (SSSR count). The van der Waals surface area contributed by atoms with Crippen LogP contribution < -0.4 is 10.0 Å². The maximum absolute atomic E-state index is 13.0. The molecule has 2 N–H and O–H groups in total. The molecule has 0 atom stereocenters. The summed E-state index contributed by atoms with van der Waals surface area (Å²) >= 11 is 1.54. The fourth-order valence-corrected chi connectivity index (χ4v) is 4.60. The highest BCUT2D eigenvalue weighted by Gasteiger charge is 2.18. The molecule has 0 aliphatic carbocycles. The number of rotatable bonds is 7. The molecule has 1 aromatic heterocycles. The Morgan fingerprint density at radius 3 is 2.50 bits per heavy atom. The van der Waals surface area contributed by atoms with E-state index in [1.54, 1.807) is 24.3 Å². The summed E-state index contributed by atoms with van der Waals surface area (Å²) < 4.78 is 40.8. The van der Waals surface area contributed by atoms with Crippen molar-refractivity contribution in [2.75, 3.05) is 4.72 Å². The van der Waals surface area contributed by atoms with Crippen molar-refractivity contribution in [3.05, 3.63) is 75.5 Å². The van der Waals surface area contributed by atoms with Crippen LogP contribution >= 0.6 is 11.3 Å². The van der Waals surface area contributed by atoms with E-state index in [0.717, 1.165) is 22.8 Å². The number of sulfonamides is 1. The summed E-state index contributed by atoms with van der Waals surface area (Å²) in [4.78, 5) is 17.1. The monoisotopic (exact) mass is 447 g/mol. The van der Waals surface area contributed by atoms with Crippen molar-refractivity contribution in [2.45, 2.75) is 38.1 Å². The first-order chi connectivity index (χ1) is 14.2. The van der Waals surface area contributed by atoms with Gasteiger partial charge in [0.1, 0.15) is 5.82 Å². The van der Waals surface area contributed by atoms with Gasteiger partial charge in [0.2, 0.25) is 0 Å². The molecule has 0 radical (unpaired) electrons. The van der Waals surface area contributed by atoms with Crippen LogP contribution in [0.5, 0.6) is 0 Å². The van der Waals surface area contributed by atoms with Gasteiger partial charge in [0.15, 0.2) is 0 Å². The van der Waals surface area contributed by atoms with Gasteiger partial charge in [-0.25, -0.2) is 17.8 Å². The van der Waals surface area contributed by atoms with Gasteiger partial charge in [-0.3, -0.25) is 9.52 Å². The number of amides is 1. The van der Waals surface area contributed by atoms with Gasteiger partial charge in [-0.15, -0.1) is 11.3 Å². The number of aromatic nitrogens is 1. The van der Waals surface area contributed by atoms with E-state index in [9.17, 15) is 17.6 Å². The van der Waals surface area contributed by atoms with Crippen LogP contribution in [0.4, 0.5) is 10.1 Å². The zero-order valence-electron chi connectivity index (χ0n) is 16.8. The fourth-order valence-electron chi connectivity index (χ4n) is 2.68. The van der Waals surface area contributed by atoms with Gasteiger partial charge in [-0.2, -0.15) is 0 Å². The van der Waals surface area contributed by atoms with Crippen LogP contribution in [0, 0.1) is 12.7 Å². The van der Waals surface area contributed by atoms with Crippen molar-refractivity contribution < 1.29 is 17.6 Å². The van der Waals surface area contributed by atoms with E-state index in [-0.39, 0.29) is 28.6 Å². The molecule has 158 valence electrons. The van der Waals surface area contributed by atoms with Crippen molar-refractivity contribution in [3.63, 3.8) is 0 Å². The summed E-state index contributed by atoms with van der Waals surface area (Å²) in [6, 6.07) is 9.31. The van der Waals surface area contributed by atoms with Crippen LogP contribution in [0.2, 0.25) is 0 Å². The second kappa shape index (κ2) is 8.93. The predicted molar refractivity (Wildman–Crippen MR) is 116 cm³/mol. The second-order valence-electron chi connectivity index (χ2n) is 7.10. The number of nitrogens with one attached hydrogen (secondary N) is 2. The quantitative estimate of drug-likeness (QED) is 0.560. The Morgan fingerprint density at radius 1 is 1.17 bits per heavy atom. The van der Waals surface area contributed by atoms with Crippen molar-refractivity contribution in [1.82, 2.24) is 10.3 Å². The van der Waals surface area contributed by atoms with Crippen LogP contribution in [0.25, 0.3) is 0 Å². The number of carbonyl (C=O) groups is 1. The number of carbonyl (C=O) groups excluding carboxylic acids is 1. The van der Waals surface area contributed by atoms with E-state index >= 15 is 0 Å². The Bertz CT molecular complexity index is 1160. The third kappa shape index (κ3) is 5.22. The van der Waals surface area contributed by atoms with E-state index in [4.69, 9.17) is 0 Å². The molecular formula is C21H22FN3O3S2. The summed E-state index contributed by atoms with van der Waals surface area (Å²) in [6.45, 7) is 6.09. The molecule has 1 amide bonds. The Labute approximate surface area is 179 Å². The largest absolute Gasteiger partial charge is 0.346 e. The zero-order valence-corrected chi connectivity index (χ0v) is 18.4. The topological polar surface area (TPSA) is 88.2 Å². The molecule has 30 heavy (non-hydrogen) atoms. The number of halogens is 1. The highest BCUT2D eigenvalue weighted by atomic mass is 32.2. The number of hydrogen-bond acceptors (Lipinski definition) is 5. The predicted octanol–water partition coefficient (Wildman–Crippen LogP) is 4.44. The third-order valence-electron chi connectivity index (χ3n) is 4.35. The zero-order chi connectivity index (χ0) is 21.9. The van der Waals surface area contributed by atoms with E-state index in [1.807, 2.05) is 5.38 Å². The number of benzene rings is 2. The molecule has 0 bridgehead atoms. The average Bonchev–Trinajstić information content (AvgIpc) is 3.17. The number of aryl methyl sites for hydroxylation is 1. The molecule has 2 aromatic carbocycles. The maximum Gasteiger partial charge on any atom is 0.261 e. The summed E-state index contributed by atoms with van der Waals surface area (Å²) in [6.07, 6.45) is 0. The fraction of sp³-hybridized carbons (Fsp3) is 0.238. The Hall–Kier alpha value is -2.78. The number of anilines is 1.